The molecule has 1 saturated carbocycles. The standard InChI is InChI=1S/C16H24BrNO/c1-12-4-3-5-15(10-12)18-8-9-19-16-11-14(17)7-6-13(16)2/h6-7,11-12,15,18H,3-5,8-10H2,1-2H3. The summed E-state index contributed by atoms with van der Waals surface area (Å²) >= 11 is 3.48. The van der Waals surface area contributed by atoms with Crippen LogP contribution in [0.5, 0.6) is 5.75 Å². The van der Waals surface area contributed by atoms with Gasteiger partial charge in [0, 0.05) is 17.1 Å². The van der Waals surface area contributed by atoms with Gasteiger partial charge in [0.05, 0.1) is 0 Å². The smallest absolute Gasteiger partial charge is 0.123 e. The van der Waals surface area contributed by atoms with Gasteiger partial charge in [-0.05, 0) is 43.4 Å². The molecule has 0 aromatic heterocycles. The average molecular weight is 326 g/mol. The minimum absolute atomic E-state index is 0.691. The van der Waals surface area contributed by atoms with Crippen molar-refractivity contribution in [3.05, 3.63) is 28.2 Å². The van der Waals surface area contributed by atoms with Crippen LogP contribution in [0.15, 0.2) is 22.7 Å². The summed E-state index contributed by atoms with van der Waals surface area (Å²) in [7, 11) is 0. The highest BCUT2D eigenvalue weighted by molar-refractivity contribution is 9.10. The van der Waals surface area contributed by atoms with Gasteiger partial charge in [-0.15, -0.1) is 0 Å². The first-order valence-electron chi connectivity index (χ1n) is 7.27. The van der Waals surface area contributed by atoms with Crippen molar-refractivity contribution >= 4 is 15.9 Å². The maximum atomic E-state index is 5.84. The lowest BCUT2D eigenvalue weighted by Crippen LogP contribution is -2.36. The summed E-state index contributed by atoms with van der Waals surface area (Å²) < 4.78 is 6.91. The molecule has 0 bridgehead atoms. The number of hydrogen-bond donors (Lipinski definition) is 1. The number of ether oxygens (including phenoxy) is 1. The molecule has 1 fully saturated rings. The van der Waals surface area contributed by atoms with E-state index in [0.717, 1.165) is 29.3 Å². The van der Waals surface area contributed by atoms with Gasteiger partial charge in [0.2, 0.25) is 0 Å². The SMILES string of the molecule is Cc1ccc(Br)cc1OCCNC1CCCC(C)C1. The molecule has 2 atom stereocenters. The Morgan fingerprint density at radius 3 is 3.00 bits per heavy atom. The van der Waals surface area contributed by atoms with Crippen LogP contribution in [0.4, 0.5) is 0 Å². The molecule has 1 aromatic rings. The zero-order valence-electron chi connectivity index (χ0n) is 11.9. The van der Waals surface area contributed by atoms with Crippen LogP contribution in [-0.4, -0.2) is 19.2 Å². The van der Waals surface area contributed by atoms with Crippen molar-refractivity contribution in [1.82, 2.24) is 5.32 Å². The van der Waals surface area contributed by atoms with E-state index in [0.29, 0.717) is 6.04 Å². The summed E-state index contributed by atoms with van der Waals surface area (Å²) in [5.41, 5.74) is 1.19. The van der Waals surface area contributed by atoms with Crippen molar-refractivity contribution in [2.45, 2.75) is 45.6 Å². The predicted molar refractivity (Wildman–Crippen MR) is 83.8 cm³/mol. The van der Waals surface area contributed by atoms with Gasteiger partial charge in [0.25, 0.3) is 0 Å². The molecule has 1 aliphatic rings. The van der Waals surface area contributed by atoms with E-state index < -0.39 is 0 Å². The molecule has 1 aliphatic carbocycles. The Morgan fingerprint density at radius 1 is 1.37 bits per heavy atom. The highest BCUT2D eigenvalue weighted by Crippen LogP contribution is 2.24. The molecular weight excluding hydrogens is 302 g/mol. The molecule has 0 heterocycles. The van der Waals surface area contributed by atoms with Crippen LogP contribution in [0.25, 0.3) is 0 Å². The highest BCUT2D eigenvalue weighted by Gasteiger charge is 2.17. The molecule has 106 valence electrons. The largest absolute Gasteiger partial charge is 0.492 e. The molecule has 1 N–H and O–H groups in total. The van der Waals surface area contributed by atoms with Gasteiger partial charge in [0.15, 0.2) is 0 Å². The van der Waals surface area contributed by atoms with Gasteiger partial charge in [-0.2, -0.15) is 0 Å². The molecule has 1 aromatic carbocycles. The second-order valence-corrected chi connectivity index (χ2v) is 6.60. The van der Waals surface area contributed by atoms with E-state index in [1.54, 1.807) is 0 Å². The Bertz CT molecular complexity index is 408. The fraction of sp³-hybridized carbons (Fsp3) is 0.625. The topological polar surface area (TPSA) is 21.3 Å². The minimum atomic E-state index is 0.691. The average Bonchev–Trinajstić information content (AvgIpc) is 2.39. The van der Waals surface area contributed by atoms with Gasteiger partial charge in [-0.25, -0.2) is 0 Å². The number of halogens is 1. The predicted octanol–water partition coefficient (Wildman–Crippen LogP) is 4.30. The third-order valence-electron chi connectivity index (χ3n) is 3.88. The Labute approximate surface area is 125 Å². The zero-order chi connectivity index (χ0) is 13.7. The van der Waals surface area contributed by atoms with Crippen molar-refractivity contribution in [3.8, 4) is 5.75 Å². The van der Waals surface area contributed by atoms with Crippen molar-refractivity contribution in [3.63, 3.8) is 0 Å². The van der Waals surface area contributed by atoms with Gasteiger partial charge in [-0.3, -0.25) is 0 Å². The summed E-state index contributed by atoms with van der Waals surface area (Å²) in [6, 6.07) is 6.85. The van der Waals surface area contributed by atoms with Gasteiger partial charge in [0.1, 0.15) is 12.4 Å². The van der Waals surface area contributed by atoms with Crippen LogP contribution >= 0.6 is 15.9 Å². The Balaban J connectivity index is 1.70. The molecule has 0 saturated heterocycles. The first-order valence-corrected chi connectivity index (χ1v) is 8.07. The van der Waals surface area contributed by atoms with E-state index in [1.165, 1.54) is 31.2 Å². The van der Waals surface area contributed by atoms with Gasteiger partial charge < -0.3 is 10.1 Å². The first kappa shape index (κ1) is 14.9. The molecule has 0 aliphatic heterocycles. The Kier molecular flexibility index (Phi) is 5.71. The van der Waals surface area contributed by atoms with E-state index in [-0.39, 0.29) is 0 Å². The lowest BCUT2D eigenvalue weighted by atomic mass is 9.87. The molecule has 3 heteroatoms. The quantitative estimate of drug-likeness (QED) is 0.815. The fourth-order valence-corrected chi connectivity index (χ4v) is 3.11. The van der Waals surface area contributed by atoms with Crippen molar-refractivity contribution < 1.29 is 4.74 Å². The van der Waals surface area contributed by atoms with Gasteiger partial charge in [-0.1, -0.05) is 41.8 Å². The normalized spacial score (nSPS) is 23.3. The Hall–Kier alpha value is -0.540. The number of aryl methyl sites for hydroxylation is 1. The van der Waals surface area contributed by atoms with Crippen LogP contribution < -0.4 is 10.1 Å². The van der Waals surface area contributed by atoms with Crippen LogP contribution in [0.1, 0.15) is 38.2 Å². The summed E-state index contributed by atoms with van der Waals surface area (Å²) in [4.78, 5) is 0. The third-order valence-corrected chi connectivity index (χ3v) is 4.37. The zero-order valence-corrected chi connectivity index (χ0v) is 13.5. The van der Waals surface area contributed by atoms with Gasteiger partial charge >= 0.3 is 0 Å². The minimum Gasteiger partial charge on any atom is -0.492 e. The van der Waals surface area contributed by atoms with E-state index >= 15 is 0 Å². The third kappa shape index (κ3) is 4.81. The Morgan fingerprint density at radius 2 is 2.21 bits per heavy atom. The summed E-state index contributed by atoms with van der Waals surface area (Å²) in [5.74, 6) is 1.85. The van der Waals surface area contributed by atoms with Crippen molar-refractivity contribution in [1.29, 1.82) is 0 Å². The number of benzene rings is 1. The van der Waals surface area contributed by atoms with E-state index in [4.69, 9.17) is 4.74 Å². The van der Waals surface area contributed by atoms with Crippen LogP contribution in [0.3, 0.4) is 0 Å². The molecular formula is C16H24BrNO. The van der Waals surface area contributed by atoms with E-state index in [1.807, 2.05) is 12.1 Å². The van der Waals surface area contributed by atoms with E-state index in [9.17, 15) is 0 Å². The molecule has 2 nitrogen and oxygen atoms in total. The molecule has 0 amide bonds. The summed E-state index contributed by atoms with van der Waals surface area (Å²) in [6.07, 6.45) is 5.40. The maximum Gasteiger partial charge on any atom is 0.123 e. The molecule has 2 unspecified atom stereocenters. The van der Waals surface area contributed by atoms with Crippen molar-refractivity contribution in [2.75, 3.05) is 13.2 Å². The number of nitrogens with one attached hydrogen (secondary N) is 1. The molecule has 2 rings (SSSR count). The molecule has 0 radical (unpaired) electrons. The monoisotopic (exact) mass is 325 g/mol. The van der Waals surface area contributed by atoms with Crippen LogP contribution in [0, 0.1) is 12.8 Å². The first-order chi connectivity index (χ1) is 9.15. The number of rotatable bonds is 5. The van der Waals surface area contributed by atoms with Crippen molar-refractivity contribution in [2.24, 2.45) is 5.92 Å². The fourth-order valence-electron chi connectivity index (χ4n) is 2.77. The summed E-state index contributed by atoms with van der Waals surface area (Å²) in [5, 5.41) is 3.62. The highest BCUT2D eigenvalue weighted by atomic mass is 79.9. The van der Waals surface area contributed by atoms with E-state index in [2.05, 4.69) is 41.2 Å². The lowest BCUT2D eigenvalue weighted by molar-refractivity contribution is 0.265. The second kappa shape index (κ2) is 7.30. The molecule has 19 heavy (non-hydrogen) atoms. The maximum absolute atomic E-state index is 5.84. The van der Waals surface area contributed by atoms with Crippen LogP contribution in [0.2, 0.25) is 0 Å². The number of hydrogen-bond acceptors (Lipinski definition) is 2. The summed E-state index contributed by atoms with van der Waals surface area (Å²) in [6.45, 7) is 6.11. The second-order valence-electron chi connectivity index (χ2n) is 5.68. The molecule has 0 spiro atoms. The van der Waals surface area contributed by atoms with Crippen LogP contribution in [-0.2, 0) is 0 Å². The lowest BCUT2D eigenvalue weighted by Gasteiger charge is -2.27.